The van der Waals surface area contributed by atoms with Crippen molar-refractivity contribution >= 4 is 11.6 Å². The van der Waals surface area contributed by atoms with Gasteiger partial charge in [-0.1, -0.05) is 35.6 Å². The normalized spacial score (nSPS) is 13.9. The monoisotopic (exact) mass is 305 g/mol. The summed E-state index contributed by atoms with van der Waals surface area (Å²) >= 11 is 0. The zero-order chi connectivity index (χ0) is 15.7. The number of nitrogens with zero attached hydrogens (tertiary/aromatic N) is 3. The first-order valence-corrected chi connectivity index (χ1v) is 6.44. The minimum Gasteiger partial charge on any atom is -0.267 e. The largest absolute Gasteiger partial charge is 0.418 e. The third-order valence-corrected chi connectivity index (χ3v) is 3.25. The maximum Gasteiger partial charge on any atom is 0.418 e. The lowest BCUT2D eigenvalue weighted by Crippen LogP contribution is -2.27. The molecule has 3 rings (SSSR count). The molecule has 0 atom stereocenters. The Hall–Kier alpha value is -2.70. The lowest BCUT2D eigenvalue weighted by molar-refractivity contribution is -0.137. The quantitative estimate of drug-likeness (QED) is 0.772. The zero-order valence-electron chi connectivity index (χ0n) is 11.2. The van der Waals surface area contributed by atoms with E-state index in [4.69, 9.17) is 0 Å². The molecule has 0 aliphatic carbocycles. The van der Waals surface area contributed by atoms with E-state index in [-0.39, 0.29) is 12.2 Å². The predicted octanol–water partition coefficient (Wildman–Crippen LogP) is 4.36. The van der Waals surface area contributed by atoms with Gasteiger partial charge in [-0.25, -0.2) is 5.01 Å². The van der Waals surface area contributed by atoms with Crippen molar-refractivity contribution in [3.05, 3.63) is 65.2 Å². The van der Waals surface area contributed by atoms with Crippen LogP contribution in [-0.2, 0) is 12.7 Å². The lowest BCUT2D eigenvalue weighted by atomic mass is 10.1. The van der Waals surface area contributed by atoms with Gasteiger partial charge in [0.2, 0.25) is 0 Å². The molecule has 0 fully saturated rings. The van der Waals surface area contributed by atoms with Gasteiger partial charge in [0, 0.05) is 11.1 Å². The number of hydrogen-bond donors (Lipinski definition) is 0. The van der Waals surface area contributed by atoms with Crippen LogP contribution in [0.1, 0.15) is 21.5 Å². The maximum absolute atomic E-state index is 12.9. The van der Waals surface area contributed by atoms with Crippen LogP contribution in [-0.4, -0.2) is 10.9 Å². The highest BCUT2D eigenvalue weighted by atomic mass is 19.4. The average molecular weight is 305 g/mol. The Balaban J connectivity index is 1.93. The van der Waals surface area contributed by atoms with E-state index < -0.39 is 17.6 Å². The summed E-state index contributed by atoms with van der Waals surface area (Å²) in [5.74, 6) is -0.410. The first-order valence-electron chi connectivity index (χ1n) is 6.44. The van der Waals surface area contributed by atoms with Gasteiger partial charge in [0.05, 0.1) is 12.1 Å². The van der Waals surface area contributed by atoms with Crippen LogP contribution in [0.4, 0.5) is 18.9 Å². The molecule has 1 heterocycles. The molecule has 22 heavy (non-hydrogen) atoms. The Morgan fingerprint density at radius 1 is 1.05 bits per heavy atom. The second-order valence-corrected chi connectivity index (χ2v) is 4.73. The van der Waals surface area contributed by atoms with Gasteiger partial charge in [-0.15, -0.1) is 5.11 Å². The first kappa shape index (κ1) is 14.2. The van der Waals surface area contributed by atoms with E-state index in [0.29, 0.717) is 11.1 Å². The summed E-state index contributed by atoms with van der Waals surface area (Å²) in [4.78, 5) is 12.2. The number of carbonyl (C=O) groups excluding carboxylic acids is 1. The van der Waals surface area contributed by atoms with E-state index in [0.717, 1.165) is 11.1 Å². The molecule has 112 valence electrons. The number of halogens is 3. The lowest BCUT2D eigenvalue weighted by Gasteiger charge is -2.22. The summed E-state index contributed by atoms with van der Waals surface area (Å²) in [5, 5.41) is 8.28. The standard InChI is InChI=1S/C15H10F3N3O/c16-15(17,18)12-8-4-7-11-9-21(20-19-13(11)12)14(22)10-5-2-1-3-6-10/h1-8H,9H2. The minimum atomic E-state index is -4.50. The number of fused-ring (bicyclic) bond motifs is 1. The molecule has 1 aliphatic heterocycles. The smallest absolute Gasteiger partial charge is 0.267 e. The SMILES string of the molecule is O=C(c1ccccc1)N1Cc2cccc(C(F)(F)F)c2N=N1. The molecule has 2 aromatic rings. The van der Waals surface area contributed by atoms with Crippen LogP contribution in [0.2, 0.25) is 0 Å². The molecule has 4 nitrogen and oxygen atoms in total. The molecule has 1 amide bonds. The van der Waals surface area contributed by atoms with Gasteiger partial charge in [-0.3, -0.25) is 4.79 Å². The fraction of sp³-hybridized carbons (Fsp3) is 0.133. The second kappa shape index (κ2) is 5.25. The van der Waals surface area contributed by atoms with E-state index in [2.05, 4.69) is 10.3 Å². The van der Waals surface area contributed by atoms with Crippen LogP contribution >= 0.6 is 0 Å². The Bertz CT molecular complexity index is 741. The number of alkyl halides is 3. The molecule has 0 bridgehead atoms. The van der Waals surface area contributed by atoms with Crippen LogP contribution in [0.15, 0.2) is 58.9 Å². The van der Waals surface area contributed by atoms with E-state index in [1.807, 2.05) is 0 Å². The van der Waals surface area contributed by atoms with Crippen molar-refractivity contribution in [1.82, 2.24) is 5.01 Å². The summed E-state index contributed by atoms with van der Waals surface area (Å²) < 4.78 is 38.7. The molecule has 0 N–H and O–H groups in total. The Morgan fingerprint density at radius 2 is 1.77 bits per heavy atom. The highest BCUT2D eigenvalue weighted by molar-refractivity contribution is 5.94. The molecule has 0 saturated heterocycles. The second-order valence-electron chi connectivity index (χ2n) is 4.73. The summed E-state index contributed by atoms with van der Waals surface area (Å²) in [7, 11) is 0. The van der Waals surface area contributed by atoms with Crippen molar-refractivity contribution < 1.29 is 18.0 Å². The molecule has 0 aromatic heterocycles. The van der Waals surface area contributed by atoms with Crippen LogP contribution < -0.4 is 0 Å². The Morgan fingerprint density at radius 3 is 2.45 bits per heavy atom. The van der Waals surface area contributed by atoms with Gasteiger partial charge >= 0.3 is 6.18 Å². The van der Waals surface area contributed by atoms with Crippen LogP contribution in [0.25, 0.3) is 0 Å². The van der Waals surface area contributed by atoms with Crippen molar-refractivity contribution in [2.75, 3.05) is 0 Å². The molecule has 1 aliphatic rings. The van der Waals surface area contributed by atoms with Gasteiger partial charge in [0.15, 0.2) is 0 Å². The number of rotatable bonds is 1. The molecule has 2 aromatic carbocycles. The maximum atomic E-state index is 12.9. The summed E-state index contributed by atoms with van der Waals surface area (Å²) in [6.45, 7) is -0.0452. The third kappa shape index (κ3) is 2.57. The van der Waals surface area contributed by atoms with Crippen LogP contribution in [0.5, 0.6) is 0 Å². The zero-order valence-corrected chi connectivity index (χ0v) is 11.2. The first-order chi connectivity index (χ1) is 10.5. The molecular formula is C15H10F3N3O. The van der Waals surface area contributed by atoms with Crippen molar-refractivity contribution in [2.24, 2.45) is 10.3 Å². The molecule has 7 heteroatoms. The van der Waals surface area contributed by atoms with E-state index in [1.54, 1.807) is 30.3 Å². The summed E-state index contributed by atoms with van der Waals surface area (Å²) in [6, 6.07) is 12.1. The molecule has 0 saturated carbocycles. The Labute approximate surface area is 123 Å². The topological polar surface area (TPSA) is 45.0 Å². The van der Waals surface area contributed by atoms with Crippen molar-refractivity contribution in [3.8, 4) is 0 Å². The fourth-order valence-corrected chi connectivity index (χ4v) is 2.20. The van der Waals surface area contributed by atoms with Crippen molar-refractivity contribution in [2.45, 2.75) is 12.7 Å². The Kier molecular flexibility index (Phi) is 3.40. The number of benzene rings is 2. The molecular weight excluding hydrogens is 295 g/mol. The number of carbonyl (C=O) groups is 1. The van der Waals surface area contributed by atoms with Gasteiger partial charge < -0.3 is 0 Å². The van der Waals surface area contributed by atoms with Gasteiger partial charge in [-0.2, -0.15) is 13.2 Å². The minimum absolute atomic E-state index is 0.0452. The van der Waals surface area contributed by atoms with Gasteiger partial charge in [0.25, 0.3) is 5.91 Å². The average Bonchev–Trinajstić information content (AvgIpc) is 2.53. The van der Waals surface area contributed by atoms with Gasteiger partial charge in [-0.05, 0) is 18.2 Å². The summed E-state index contributed by atoms with van der Waals surface area (Å²) in [5.41, 5.74) is -0.362. The van der Waals surface area contributed by atoms with Crippen molar-refractivity contribution in [1.29, 1.82) is 0 Å². The highest BCUT2D eigenvalue weighted by Gasteiger charge is 2.36. The predicted molar refractivity (Wildman–Crippen MR) is 72.3 cm³/mol. The van der Waals surface area contributed by atoms with E-state index in [1.165, 1.54) is 12.1 Å². The summed E-state index contributed by atoms with van der Waals surface area (Å²) in [6.07, 6.45) is -4.50. The highest BCUT2D eigenvalue weighted by Crippen LogP contribution is 2.40. The molecule has 0 radical (unpaired) electrons. The van der Waals surface area contributed by atoms with E-state index >= 15 is 0 Å². The van der Waals surface area contributed by atoms with Crippen LogP contribution in [0.3, 0.4) is 0 Å². The number of amides is 1. The van der Waals surface area contributed by atoms with Crippen molar-refractivity contribution in [3.63, 3.8) is 0 Å². The third-order valence-electron chi connectivity index (χ3n) is 3.25. The molecule has 0 spiro atoms. The van der Waals surface area contributed by atoms with E-state index in [9.17, 15) is 18.0 Å². The molecule has 0 unspecified atom stereocenters. The van der Waals surface area contributed by atoms with Gasteiger partial charge in [0.1, 0.15) is 5.69 Å². The fourth-order valence-electron chi connectivity index (χ4n) is 2.20. The number of hydrogen-bond acceptors (Lipinski definition) is 3. The van der Waals surface area contributed by atoms with Crippen LogP contribution in [0, 0.1) is 0 Å².